The second-order valence-corrected chi connectivity index (χ2v) is 5.89. The van der Waals surface area contributed by atoms with Crippen molar-refractivity contribution in [3.63, 3.8) is 0 Å². The zero-order valence-electron chi connectivity index (χ0n) is 11.0. The van der Waals surface area contributed by atoms with Crippen molar-refractivity contribution in [3.8, 4) is 0 Å². The average Bonchev–Trinajstić information content (AvgIpc) is 2.26. The lowest BCUT2D eigenvalue weighted by Crippen LogP contribution is -2.36. The molecule has 0 saturated heterocycles. The minimum absolute atomic E-state index is 0.400. The van der Waals surface area contributed by atoms with Gasteiger partial charge in [0.25, 0.3) is 0 Å². The third kappa shape index (κ3) is 3.23. The molecule has 16 heavy (non-hydrogen) atoms. The highest BCUT2D eigenvalue weighted by Crippen LogP contribution is 2.44. The molecule has 1 aliphatic rings. The van der Waals surface area contributed by atoms with Crippen LogP contribution >= 0.6 is 0 Å². The number of carbonyl (C=O) groups is 1. The standard InChI is InChI=1S/C14H26O2/c1-4-12-6-5-8-14(10-12,13(15)16)9-7-11(2)3/h11-12H,4-10H2,1-3H3,(H,15,16). The first-order chi connectivity index (χ1) is 7.50. The van der Waals surface area contributed by atoms with Gasteiger partial charge in [-0.1, -0.05) is 40.0 Å². The van der Waals surface area contributed by atoms with Crippen LogP contribution in [0.25, 0.3) is 0 Å². The van der Waals surface area contributed by atoms with E-state index in [1.54, 1.807) is 0 Å². The van der Waals surface area contributed by atoms with E-state index in [4.69, 9.17) is 0 Å². The van der Waals surface area contributed by atoms with Gasteiger partial charge in [-0.25, -0.2) is 0 Å². The third-order valence-electron chi connectivity index (χ3n) is 4.18. The predicted molar refractivity (Wildman–Crippen MR) is 66.4 cm³/mol. The number of carboxylic acid groups (broad SMARTS) is 1. The summed E-state index contributed by atoms with van der Waals surface area (Å²) in [6.07, 6.45) is 7.18. The van der Waals surface area contributed by atoms with E-state index in [1.165, 1.54) is 6.42 Å². The minimum atomic E-state index is -0.550. The molecule has 94 valence electrons. The maximum Gasteiger partial charge on any atom is 0.309 e. The maximum absolute atomic E-state index is 11.6. The first-order valence-corrected chi connectivity index (χ1v) is 6.73. The topological polar surface area (TPSA) is 37.3 Å². The van der Waals surface area contributed by atoms with Crippen molar-refractivity contribution in [2.75, 3.05) is 0 Å². The lowest BCUT2D eigenvalue weighted by atomic mass is 9.66. The van der Waals surface area contributed by atoms with Gasteiger partial charge in [-0.3, -0.25) is 4.79 Å². The zero-order chi connectivity index (χ0) is 12.2. The van der Waals surface area contributed by atoms with Crippen LogP contribution in [0.15, 0.2) is 0 Å². The van der Waals surface area contributed by atoms with Crippen molar-refractivity contribution in [3.05, 3.63) is 0 Å². The van der Waals surface area contributed by atoms with Gasteiger partial charge in [-0.05, 0) is 37.5 Å². The molecular weight excluding hydrogens is 200 g/mol. The van der Waals surface area contributed by atoms with Crippen LogP contribution in [0.4, 0.5) is 0 Å². The van der Waals surface area contributed by atoms with Gasteiger partial charge < -0.3 is 5.11 Å². The Morgan fingerprint density at radius 2 is 2.19 bits per heavy atom. The van der Waals surface area contributed by atoms with Gasteiger partial charge in [0.2, 0.25) is 0 Å². The zero-order valence-corrected chi connectivity index (χ0v) is 11.0. The van der Waals surface area contributed by atoms with Crippen molar-refractivity contribution in [1.82, 2.24) is 0 Å². The van der Waals surface area contributed by atoms with Crippen LogP contribution in [0.1, 0.15) is 65.7 Å². The van der Waals surface area contributed by atoms with E-state index < -0.39 is 11.4 Å². The summed E-state index contributed by atoms with van der Waals surface area (Å²) in [5, 5.41) is 9.51. The van der Waals surface area contributed by atoms with E-state index in [-0.39, 0.29) is 0 Å². The lowest BCUT2D eigenvalue weighted by molar-refractivity contribution is -0.153. The molecule has 0 heterocycles. The molecule has 2 atom stereocenters. The van der Waals surface area contributed by atoms with Crippen LogP contribution in [-0.4, -0.2) is 11.1 Å². The van der Waals surface area contributed by atoms with Gasteiger partial charge in [0.1, 0.15) is 0 Å². The second kappa shape index (κ2) is 5.70. The molecule has 1 rings (SSSR count). The molecular formula is C14H26O2. The normalized spacial score (nSPS) is 30.6. The van der Waals surface area contributed by atoms with Crippen LogP contribution in [-0.2, 0) is 4.79 Å². The summed E-state index contributed by atoms with van der Waals surface area (Å²) in [6, 6.07) is 0. The molecule has 0 aromatic heterocycles. The Morgan fingerprint density at radius 1 is 1.50 bits per heavy atom. The molecule has 0 amide bonds. The smallest absolute Gasteiger partial charge is 0.309 e. The van der Waals surface area contributed by atoms with Crippen LogP contribution in [0.5, 0.6) is 0 Å². The molecule has 0 spiro atoms. The summed E-state index contributed by atoms with van der Waals surface area (Å²) in [6.45, 7) is 6.54. The van der Waals surface area contributed by atoms with E-state index in [0.717, 1.165) is 38.5 Å². The van der Waals surface area contributed by atoms with Gasteiger partial charge in [-0.15, -0.1) is 0 Å². The summed E-state index contributed by atoms with van der Waals surface area (Å²) in [5.74, 6) is 0.696. The third-order valence-corrected chi connectivity index (χ3v) is 4.18. The number of hydrogen-bond donors (Lipinski definition) is 1. The Labute approximate surface area is 99.4 Å². The molecule has 1 fully saturated rings. The molecule has 0 aliphatic heterocycles. The van der Waals surface area contributed by atoms with Gasteiger partial charge in [0.05, 0.1) is 5.41 Å². The molecule has 0 aromatic rings. The summed E-state index contributed by atoms with van der Waals surface area (Å²) < 4.78 is 0. The fourth-order valence-electron chi connectivity index (χ4n) is 2.93. The van der Waals surface area contributed by atoms with E-state index >= 15 is 0 Å². The molecule has 1 N–H and O–H groups in total. The van der Waals surface area contributed by atoms with E-state index in [0.29, 0.717) is 11.8 Å². The minimum Gasteiger partial charge on any atom is -0.481 e. The average molecular weight is 226 g/mol. The molecule has 0 radical (unpaired) electrons. The Morgan fingerprint density at radius 3 is 2.69 bits per heavy atom. The van der Waals surface area contributed by atoms with Gasteiger partial charge in [-0.2, -0.15) is 0 Å². The largest absolute Gasteiger partial charge is 0.481 e. The van der Waals surface area contributed by atoms with Crippen LogP contribution < -0.4 is 0 Å². The summed E-state index contributed by atoms with van der Waals surface area (Å²) >= 11 is 0. The number of aliphatic carboxylic acids is 1. The van der Waals surface area contributed by atoms with E-state index in [9.17, 15) is 9.90 Å². The molecule has 2 heteroatoms. The van der Waals surface area contributed by atoms with Crippen LogP contribution in [0, 0.1) is 17.3 Å². The Kier molecular flexibility index (Phi) is 4.82. The molecule has 2 nitrogen and oxygen atoms in total. The van der Waals surface area contributed by atoms with Gasteiger partial charge in [0, 0.05) is 0 Å². The molecule has 0 aromatic carbocycles. The van der Waals surface area contributed by atoms with Crippen molar-refractivity contribution in [2.24, 2.45) is 17.3 Å². The molecule has 1 aliphatic carbocycles. The van der Waals surface area contributed by atoms with Crippen molar-refractivity contribution in [1.29, 1.82) is 0 Å². The number of hydrogen-bond acceptors (Lipinski definition) is 1. The highest BCUT2D eigenvalue weighted by atomic mass is 16.4. The quantitative estimate of drug-likeness (QED) is 0.766. The lowest BCUT2D eigenvalue weighted by Gasteiger charge is -2.38. The Bertz CT molecular complexity index is 235. The van der Waals surface area contributed by atoms with Crippen molar-refractivity contribution in [2.45, 2.75) is 65.7 Å². The molecule has 1 saturated carbocycles. The summed E-state index contributed by atoms with van der Waals surface area (Å²) in [7, 11) is 0. The highest BCUT2D eigenvalue weighted by Gasteiger charge is 2.41. The first-order valence-electron chi connectivity index (χ1n) is 6.73. The van der Waals surface area contributed by atoms with Crippen molar-refractivity contribution < 1.29 is 9.90 Å². The van der Waals surface area contributed by atoms with Crippen LogP contribution in [0.2, 0.25) is 0 Å². The van der Waals surface area contributed by atoms with E-state index in [2.05, 4.69) is 20.8 Å². The van der Waals surface area contributed by atoms with Crippen molar-refractivity contribution >= 4 is 5.97 Å². The fraction of sp³-hybridized carbons (Fsp3) is 0.929. The fourth-order valence-corrected chi connectivity index (χ4v) is 2.93. The molecule has 0 bridgehead atoms. The first kappa shape index (κ1) is 13.5. The summed E-state index contributed by atoms with van der Waals surface area (Å²) in [5.41, 5.74) is -0.400. The molecule has 2 unspecified atom stereocenters. The van der Waals surface area contributed by atoms with Gasteiger partial charge in [0.15, 0.2) is 0 Å². The highest BCUT2D eigenvalue weighted by molar-refractivity contribution is 5.74. The predicted octanol–water partition coefficient (Wildman–Crippen LogP) is 4.09. The van der Waals surface area contributed by atoms with Gasteiger partial charge >= 0.3 is 5.97 Å². The maximum atomic E-state index is 11.6. The Hall–Kier alpha value is -0.530. The van der Waals surface area contributed by atoms with Crippen LogP contribution in [0.3, 0.4) is 0 Å². The second-order valence-electron chi connectivity index (χ2n) is 5.89. The number of rotatable bonds is 5. The SMILES string of the molecule is CCC1CCCC(CCC(C)C)(C(=O)O)C1. The monoisotopic (exact) mass is 226 g/mol. The number of carboxylic acids is 1. The Balaban J connectivity index is 2.67. The van der Waals surface area contributed by atoms with E-state index in [1.807, 2.05) is 0 Å². The summed E-state index contributed by atoms with van der Waals surface area (Å²) in [4.78, 5) is 11.6.